The molecule has 1 unspecified atom stereocenters. The van der Waals surface area contributed by atoms with Crippen molar-refractivity contribution >= 4 is 28.9 Å². The average molecular weight is 412 g/mol. The molecule has 0 radical (unpaired) electrons. The first-order valence-electron chi connectivity index (χ1n) is 8.64. The van der Waals surface area contributed by atoms with E-state index in [1.165, 1.54) is 11.3 Å². The Morgan fingerprint density at radius 2 is 2.04 bits per heavy atom. The molecule has 2 aromatic heterocycles. The molecule has 0 saturated heterocycles. The first kappa shape index (κ1) is 18.4. The minimum Gasteiger partial charge on any atom is -0.471 e. The predicted molar refractivity (Wildman–Crippen MR) is 100 cm³/mol. The van der Waals surface area contributed by atoms with Gasteiger partial charge in [-0.2, -0.15) is 0 Å². The molecule has 4 rings (SSSR count). The number of halogens is 4. The van der Waals surface area contributed by atoms with E-state index < -0.39 is 13.0 Å². The van der Waals surface area contributed by atoms with Crippen molar-refractivity contribution in [3.05, 3.63) is 57.0 Å². The standard InChI is InChI=1S/C19H17Cl2F2N3O/c1-10(12-6-15(20)19(25-7-12)27-9-16(22)23)26-8-14-13(4-5-24-18(14)21)17(26)11-2-3-11/h4-7,10,16H,2-3,8-9H2,1H3. The van der Waals surface area contributed by atoms with Crippen LogP contribution in [0.15, 0.2) is 30.1 Å². The summed E-state index contributed by atoms with van der Waals surface area (Å²) >= 11 is 12.5. The monoisotopic (exact) mass is 411 g/mol. The molecule has 0 aromatic carbocycles. The van der Waals surface area contributed by atoms with E-state index >= 15 is 0 Å². The van der Waals surface area contributed by atoms with E-state index in [-0.39, 0.29) is 16.9 Å². The molecule has 142 valence electrons. The van der Waals surface area contributed by atoms with Gasteiger partial charge >= 0.3 is 0 Å². The van der Waals surface area contributed by atoms with Crippen LogP contribution in [0.25, 0.3) is 5.70 Å². The maximum Gasteiger partial charge on any atom is 0.272 e. The molecule has 0 bridgehead atoms. The van der Waals surface area contributed by atoms with E-state index in [1.807, 2.05) is 6.07 Å². The molecule has 0 spiro atoms. The SMILES string of the molecule is CC(c1cnc(OCC(F)F)c(Cl)c1)N1Cc2c(ccnc2Cl)C1=C1CC1. The van der Waals surface area contributed by atoms with Crippen molar-refractivity contribution in [2.24, 2.45) is 0 Å². The topological polar surface area (TPSA) is 38.2 Å². The fraction of sp³-hybridized carbons (Fsp3) is 0.368. The van der Waals surface area contributed by atoms with Crippen molar-refractivity contribution in [2.45, 2.75) is 38.8 Å². The summed E-state index contributed by atoms with van der Waals surface area (Å²) in [6, 6.07) is 3.70. The van der Waals surface area contributed by atoms with Crippen LogP contribution < -0.4 is 4.74 Å². The van der Waals surface area contributed by atoms with Gasteiger partial charge in [-0.05, 0) is 43.0 Å². The van der Waals surface area contributed by atoms with Gasteiger partial charge < -0.3 is 9.64 Å². The summed E-state index contributed by atoms with van der Waals surface area (Å²) in [5.41, 5.74) is 5.64. The molecule has 1 aliphatic carbocycles. The summed E-state index contributed by atoms with van der Waals surface area (Å²) in [6.07, 6.45) is 2.94. The van der Waals surface area contributed by atoms with Gasteiger partial charge in [-0.15, -0.1) is 0 Å². The van der Waals surface area contributed by atoms with Crippen LogP contribution >= 0.6 is 23.2 Å². The Morgan fingerprint density at radius 3 is 2.70 bits per heavy atom. The van der Waals surface area contributed by atoms with Gasteiger partial charge in [0.2, 0.25) is 5.88 Å². The third-order valence-electron chi connectivity index (χ3n) is 4.83. The Kier molecular flexibility index (Phi) is 4.95. The Hall–Kier alpha value is -1.92. The lowest BCUT2D eigenvalue weighted by Gasteiger charge is -2.28. The highest BCUT2D eigenvalue weighted by Gasteiger charge is 2.35. The van der Waals surface area contributed by atoms with Gasteiger partial charge in [-0.3, -0.25) is 0 Å². The number of hydrogen-bond donors (Lipinski definition) is 0. The molecular weight excluding hydrogens is 395 g/mol. The van der Waals surface area contributed by atoms with Crippen LogP contribution in [0, 0.1) is 0 Å². The van der Waals surface area contributed by atoms with Crippen molar-refractivity contribution in [2.75, 3.05) is 6.61 Å². The van der Waals surface area contributed by atoms with Crippen LogP contribution in [-0.4, -0.2) is 27.9 Å². The third-order valence-corrected chi connectivity index (χ3v) is 5.43. The Balaban J connectivity index is 1.62. The molecule has 1 fully saturated rings. The Labute approximate surface area is 165 Å². The average Bonchev–Trinajstić information content (AvgIpc) is 3.40. The van der Waals surface area contributed by atoms with Crippen molar-refractivity contribution in [3.8, 4) is 5.88 Å². The first-order chi connectivity index (χ1) is 13.0. The van der Waals surface area contributed by atoms with Crippen LogP contribution in [0.1, 0.15) is 42.5 Å². The molecular formula is C19H17Cl2F2N3O. The minimum absolute atomic E-state index is 0.0191. The second-order valence-corrected chi connectivity index (χ2v) is 7.41. The third kappa shape index (κ3) is 3.60. The smallest absolute Gasteiger partial charge is 0.272 e. The van der Waals surface area contributed by atoms with Crippen molar-refractivity contribution in [3.63, 3.8) is 0 Å². The zero-order valence-corrected chi connectivity index (χ0v) is 16.1. The number of ether oxygens (including phenoxy) is 1. The van der Waals surface area contributed by atoms with Crippen LogP contribution in [0.2, 0.25) is 10.2 Å². The van der Waals surface area contributed by atoms with E-state index in [4.69, 9.17) is 27.9 Å². The summed E-state index contributed by atoms with van der Waals surface area (Å²) < 4.78 is 29.6. The van der Waals surface area contributed by atoms with Gasteiger partial charge in [-0.1, -0.05) is 23.2 Å². The lowest BCUT2D eigenvalue weighted by molar-refractivity contribution is 0.0796. The predicted octanol–water partition coefficient (Wildman–Crippen LogP) is 5.51. The van der Waals surface area contributed by atoms with E-state index in [0.717, 1.165) is 29.5 Å². The number of fused-ring (bicyclic) bond motifs is 1. The molecule has 1 atom stereocenters. The number of aromatic nitrogens is 2. The molecule has 1 aliphatic heterocycles. The normalized spacial score (nSPS) is 16.7. The van der Waals surface area contributed by atoms with Gasteiger partial charge in [0.15, 0.2) is 6.61 Å². The molecule has 4 nitrogen and oxygen atoms in total. The van der Waals surface area contributed by atoms with Gasteiger partial charge in [0.05, 0.1) is 6.04 Å². The molecule has 27 heavy (non-hydrogen) atoms. The summed E-state index contributed by atoms with van der Waals surface area (Å²) in [7, 11) is 0. The molecule has 0 N–H and O–H groups in total. The van der Waals surface area contributed by atoms with Gasteiger partial charge in [0.25, 0.3) is 6.43 Å². The maximum atomic E-state index is 12.3. The summed E-state index contributed by atoms with van der Waals surface area (Å²) in [4.78, 5) is 10.6. The summed E-state index contributed by atoms with van der Waals surface area (Å²) in [5, 5.41) is 0.741. The fourth-order valence-corrected chi connectivity index (χ4v) is 3.81. The van der Waals surface area contributed by atoms with E-state index in [0.29, 0.717) is 11.7 Å². The summed E-state index contributed by atoms with van der Waals surface area (Å²) in [6.45, 7) is 1.98. The van der Waals surface area contributed by atoms with Crippen molar-refractivity contribution in [1.82, 2.24) is 14.9 Å². The minimum atomic E-state index is -2.57. The molecule has 1 saturated carbocycles. The number of rotatable bonds is 5. The van der Waals surface area contributed by atoms with Crippen LogP contribution in [0.5, 0.6) is 5.88 Å². The highest BCUT2D eigenvalue weighted by molar-refractivity contribution is 6.32. The van der Waals surface area contributed by atoms with Crippen molar-refractivity contribution < 1.29 is 13.5 Å². The maximum absolute atomic E-state index is 12.3. The zero-order chi connectivity index (χ0) is 19.1. The lowest BCUT2D eigenvalue weighted by Crippen LogP contribution is -2.20. The Bertz CT molecular complexity index is 914. The second kappa shape index (κ2) is 7.24. The fourth-order valence-electron chi connectivity index (χ4n) is 3.36. The number of allylic oxidation sites excluding steroid dienone is 1. The van der Waals surface area contributed by atoms with E-state index in [9.17, 15) is 8.78 Å². The molecule has 8 heteroatoms. The highest BCUT2D eigenvalue weighted by atomic mass is 35.5. The largest absolute Gasteiger partial charge is 0.471 e. The van der Waals surface area contributed by atoms with Crippen LogP contribution in [0.3, 0.4) is 0 Å². The first-order valence-corrected chi connectivity index (χ1v) is 9.40. The van der Waals surface area contributed by atoms with Crippen LogP contribution in [-0.2, 0) is 6.54 Å². The quantitative estimate of drug-likeness (QED) is 0.608. The van der Waals surface area contributed by atoms with E-state index in [1.54, 1.807) is 18.5 Å². The Morgan fingerprint density at radius 1 is 1.26 bits per heavy atom. The van der Waals surface area contributed by atoms with Gasteiger partial charge in [-0.25, -0.2) is 18.7 Å². The second-order valence-electron chi connectivity index (χ2n) is 6.64. The van der Waals surface area contributed by atoms with Crippen LogP contribution in [0.4, 0.5) is 8.78 Å². The van der Waals surface area contributed by atoms with Gasteiger partial charge in [0.1, 0.15) is 10.2 Å². The molecule has 2 aromatic rings. The number of pyridine rings is 2. The van der Waals surface area contributed by atoms with Gasteiger partial charge in [0, 0.05) is 35.8 Å². The number of nitrogens with zero attached hydrogens (tertiary/aromatic N) is 3. The van der Waals surface area contributed by atoms with Crippen molar-refractivity contribution in [1.29, 1.82) is 0 Å². The summed E-state index contributed by atoms with van der Waals surface area (Å²) in [5.74, 6) is 0.0191. The number of hydrogen-bond acceptors (Lipinski definition) is 4. The number of alkyl halides is 2. The molecule has 2 aliphatic rings. The zero-order valence-electron chi connectivity index (χ0n) is 14.6. The van der Waals surface area contributed by atoms with E-state index in [2.05, 4.69) is 21.8 Å². The molecule has 0 amide bonds. The lowest BCUT2D eigenvalue weighted by atomic mass is 10.1. The highest BCUT2D eigenvalue weighted by Crippen LogP contribution is 2.48. The molecule has 3 heterocycles.